The summed E-state index contributed by atoms with van der Waals surface area (Å²) >= 11 is 0. The molecule has 0 aliphatic carbocycles. The highest BCUT2D eigenvalue weighted by Gasteiger charge is 2.33. The van der Waals surface area contributed by atoms with Crippen LogP contribution in [0.2, 0.25) is 0 Å². The van der Waals surface area contributed by atoms with E-state index in [0.717, 1.165) is 12.8 Å². The second kappa shape index (κ2) is 7.49. The Morgan fingerprint density at radius 1 is 1.17 bits per heavy atom. The lowest BCUT2D eigenvalue weighted by Gasteiger charge is -2.35. The number of piperidine rings is 1. The fourth-order valence-corrected chi connectivity index (χ4v) is 2.86. The average molecular weight is 328 g/mol. The quantitative estimate of drug-likeness (QED) is 0.850. The molecule has 1 atom stereocenters. The Balaban J connectivity index is 1.76. The molecule has 0 saturated carbocycles. The Kier molecular flexibility index (Phi) is 5.86. The van der Waals surface area contributed by atoms with E-state index >= 15 is 0 Å². The number of carbonyl (C=O) groups excluding carboxylic acids is 2. The van der Waals surface area contributed by atoms with E-state index in [1.807, 2.05) is 0 Å². The maximum absolute atomic E-state index is 12.4. The van der Waals surface area contributed by atoms with Crippen LogP contribution in [0.4, 0.5) is 4.79 Å². The Bertz CT molecular complexity index is 421. The van der Waals surface area contributed by atoms with E-state index < -0.39 is 17.7 Å². The van der Waals surface area contributed by atoms with E-state index in [1.54, 1.807) is 32.6 Å². The van der Waals surface area contributed by atoms with E-state index in [-0.39, 0.29) is 12.2 Å². The number of rotatable bonds is 3. The summed E-state index contributed by atoms with van der Waals surface area (Å²) in [5, 5.41) is 2.60. The summed E-state index contributed by atoms with van der Waals surface area (Å²) in [6.45, 7) is 9.67. The van der Waals surface area contributed by atoms with Gasteiger partial charge in [-0.05, 0) is 40.5 Å². The minimum absolute atomic E-state index is 0.0810. The molecule has 132 valence electrons. The highest BCUT2D eigenvalue weighted by atomic mass is 16.7. The van der Waals surface area contributed by atoms with Crippen LogP contribution in [0, 0.1) is 5.92 Å². The first-order valence-corrected chi connectivity index (χ1v) is 8.28. The van der Waals surface area contributed by atoms with Gasteiger partial charge in [-0.3, -0.25) is 4.79 Å². The molecule has 2 amide bonds. The van der Waals surface area contributed by atoms with Gasteiger partial charge >= 0.3 is 6.09 Å². The van der Waals surface area contributed by atoms with Gasteiger partial charge in [-0.2, -0.15) is 0 Å². The molecule has 0 aromatic rings. The first kappa shape index (κ1) is 18.0. The standard InChI is InChI=1S/C16H28N2O5/c1-11(17-15(20)23-16(2,3)4)13(19)18-7-5-12(6-8-18)14-21-9-10-22-14/h11-12,14H,5-10H2,1-4H3,(H,17,20). The van der Waals surface area contributed by atoms with Crippen LogP contribution in [0.15, 0.2) is 0 Å². The third-order valence-electron chi connectivity index (χ3n) is 3.99. The predicted octanol–water partition coefficient (Wildman–Crippen LogP) is 1.51. The molecule has 7 heteroatoms. The minimum Gasteiger partial charge on any atom is -0.444 e. The Morgan fingerprint density at radius 2 is 1.74 bits per heavy atom. The lowest BCUT2D eigenvalue weighted by molar-refractivity contribution is -0.138. The normalized spacial score (nSPS) is 22.0. The summed E-state index contributed by atoms with van der Waals surface area (Å²) in [6, 6.07) is -0.597. The molecule has 0 aromatic heterocycles. The van der Waals surface area contributed by atoms with Crippen molar-refractivity contribution in [2.75, 3.05) is 26.3 Å². The van der Waals surface area contributed by atoms with Gasteiger partial charge in [-0.25, -0.2) is 4.79 Å². The number of amides is 2. The number of likely N-dealkylation sites (tertiary alicyclic amines) is 1. The number of hydrogen-bond donors (Lipinski definition) is 1. The number of hydrogen-bond acceptors (Lipinski definition) is 5. The van der Waals surface area contributed by atoms with Crippen LogP contribution >= 0.6 is 0 Å². The van der Waals surface area contributed by atoms with Crippen molar-refractivity contribution in [2.45, 2.75) is 58.5 Å². The summed E-state index contributed by atoms with van der Waals surface area (Å²) in [5.74, 6) is 0.262. The van der Waals surface area contributed by atoms with Gasteiger partial charge in [0.05, 0.1) is 13.2 Å². The second-order valence-electron chi connectivity index (χ2n) is 7.14. The summed E-state index contributed by atoms with van der Waals surface area (Å²) in [4.78, 5) is 26.0. The van der Waals surface area contributed by atoms with Gasteiger partial charge in [0.25, 0.3) is 0 Å². The fraction of sp³-hybridized carbons (Fsp3) is 0.875. The average Bonchev–Trinajstić information content (AvgIpc) is 2.98. The second-order valence-corrected chi connectivity index (χ2v) is 7.14. The van der Waals surface area contributed by atoms with Crippen molar-refractivity contribution in [3.05, 3.63) is 0 Å². The molecule has 2 saturated heterocycles. The Morgan fingerprint density at radius 3 is 2.26 bits per heavy atom. The predicted molar refractivity (Wildman–Crippen MR) is 83.8 cm³/mol. The highest BCUT2D eigenvalue weighted by molar-refractivity contribution is 5.85. The first-order chi connectivity index (χ1) is 10.8. The molecule has 2 rings (SSSR count). The first-order valence-electron chi connectivity index (χ1n) is 8.28. The smallest absolute Gasteiger partial charge is 0.408 e. The van der Waals surface area contributed by atoms with Crippen molar-refractivity contribution < 1.29 is 23.8 Å². The number of nitrogens with one attached hydrogen (secondary N) is 1. The van der Waals surface area contributed by atoms with E-state index in [0.29, 0.717) is 32.2 Å². The molecule has 2 aliphatic rings. The van der Waals surface area contributed by atoms with Gasteiger partial charge in [0.15, 0.2) is 6.29 Å². The van der Waals surface area contributed by atoms with Crippen molar-refractivity contribution in [1.82, 2.24) is 10.2 Å². The Labute approximate surface area is 137 Å². The molecule has 0 aromatic carbocycles. The van der Waals surface area contributed by atoms with Crippen LogP contribution in [0.5, 0.6) is 0 Å². The number of carbonyl (C=O) groups is 2. The zero-order valence-electron chi connectivity index (χ0n) is 14.5. The van der Waals surface area contributed by atoms with Gasteiger partial charge < -0.3 is 24.4 Å². The van der Waals surface area contributed by atoms with Gasteiger partial charge in [0.2, 0.25) is 5.91 Å². The van der Waals surface area contributed by atoms with Crippen LogP contribution in [-0.2, 0) is 19.0 Å². The molecular weight excluding hydrogens is 300 g/mol. The van der Waals surface area contributed by atoms with Crippen molar-refractivity contribution in [3.8, 4) is 0 Å². The molecule has 2 heterocycles. The van der Waals surface area contributed by atoms with Crippen LogP contribution in [0.3, 0.4) is 0 Å². The zero-order chi connectivity index (χ0) is 17.0. The molecule has 23 heavy (non-hydrogen) atoms. The lowest BCUT2D eigenvalue weighted by atomic mass is 9.96. The zero-order valence-corrected chi connectivity index (χ0v) is 14.5. The van der Waals surface area contributed by atoms with Crippen LogP contribution in [0.25, 0.3) is 0 Å². The maximum Gasteiger partial charge on any atom is 0.408 e. The largest absolute Gasteiger partial charge is 0.444 e. The molecule has 0 radical (unpaired) electrons. The molecule has 0 bridgehead atoms. The summed E-state index contributed by atoms with van der Waals surface area (Å²) in [6.07, 6.45) is 1.02. The molecule has 1 unspecified atom stereocenters. The van der Waals surface area contributed by atoms with Crippen molar-refractivity contribution in [2.24, 2.45) is 5.92 Å². The highest BCUT2D eigenvalue weighted by Crippen LogP contribution is 2.26. The number of ether oxygens (including phenoxy) is 3. The topological polar surface area (TPSA) is 77.1 Å². The maximum atomic E-state index is 12.4. The summed E-state index contributed by atoms with van der Waals surface area (Å²) in [7, 11) is 0. The van der Waals surface area contributed by atoms with Crippen LogP contribution < -0.4 is 5.32 Å². The number of nitrogens with zero attached hydrogens (tertiary/aromatic N) is 1. The van der Waals surface area contributed by atoms with Gasteiger partial charge in [-0.15, -0.1) is 0 Å². The van der Waals surface area contributed by atoms with Crippen LogP contribution in [-0.4, -0.2) is 61.1 Å². The van der Waals surface area contributed by atoms with E-state index in [1.165, 1.54) is 0 Å². The molecule has 2 fully saturated rings. The molecule has 7 nitrogen and oxygen atoms in total. The summed E-state index contributed by atoms with van der Waals surface area (Å²) < 4.78 is 16.2. The van der Waals surface area contributed by atoms with Crippen molar-refractivity contribution in [1.29, 1.82) is 0 Å². The fourth-order valence-electron chi connectivity index (χ4n) is 2.86. The molecule has 0 spiro atoms. The summed E-state index contributed by atoms with van der Waals surface area (Å²) in [5.41, 5.74) is -0.577. The van der Waals surface area contributed by atoms with Crippen LogP contribution in [0.1, 0.15) is 40.5 Å². The minimum atomic E-state index is -0.597. The van der Waals surface area contributed by atoms with Crippen molar-refractivity contribution >= 4 is 12.0 Å². The van der Waals surface area contributed by atoms with Gasteiger partial charge in [0.1, 0.15) is 11.6 Å². The van der Waals surface area contributed by atoms with E-state index in [9.17, 15) is 9.59 Å². The third-order valence-corrected chi connectivity index (χ3v) is 3.99. The number of alkyl carbamates (subject to hydrolysis) is 1. The molecular formula is C16H28N2O5. The van der Waals surface area contributed by atoms with Crippen molar-refractivity contribution in [3.63, 3.8) is 0 Å². The van der Waals surface area contributed by atoms with E-state index in [2.05, 4.69) is 5.32 Å². The van der Waals surface area contributed by atoms with Gasteiger partial charge in [0, 0.05) is 19.0 Å². The van der Waals surface area contributed by atoms with Gasteiger partial charge in [-0.1, -0.05) is 0 Å². The molecule has 1 N–H and O–H groups in total. The SMILES string of the molecule is CC(NC(=O)OC(C)(C)C)C(=O)N1CCC(C2OCCO2)CC1. The van der Waals surface area contributed by atoms with E-state index in [4.69, 9.17) is 14.2 Å². The lowest BCUT2D eigenvalue weighted by Crippen LogP contribution is -2.51. The monoisotopic (exact) mass is 328 g/mol. The Hall–Kier alpha value is -1.34. The third kappa shape index (κ3) is 5.35. The molecule has 2 aliphatic heterocycles.